The largest absolute Gasteiger partial charge is 0.310 e. The van der Waals surface area contributed by atoms with E-state index in [1.807, 2.05) is 12.1 Å². The molecule has 0 saturated carbocycles. The SMILES string of the molecule is CCNC(c1ccc(Cl)c2ccccc12)C(C)(C)C. The highest BCUT2D eigenvalue weighted by Crippen LogP contribution is 2.38. The first-order valence-corrected chi connectivity index (χ1v) is 7.23. The van der Waals surface area contributed by atoms with Crippen molar-refractivity contribution in [2.24, 2.45) is 5.41 Å². The Bertz CT molecular complexity index is 569. The predicted molar refractivity (Wildman–Crippen MR) is 84.8 cm³/mol. The maximum absolute atomic E-state index is 6.30. The van der Waals surface area contributed by atoms with Gasteiger partial charge in [0.05, 0.1) is 0 Å². The van der Waals surface area contributed by atoms with Crippen molar-refractivity contribution in [1.82, 2.24) is 5.32 Å². The number of hydrogen-bond donors (Lipinski definition) is 1. The number of halogens is 1. The van der Waals surface area contributed by atoms with Crippen LogP contribution >= 0.6 is 11.6 Å². The van der Waals surface area contributed by atoms with E-state index >= 15 is 0 Å². The molecule has 0 aromatic heterocycles. The van der Waals surface area contributed by atoms with Crippen LogP contribution in [0.5, 0.6) is 0 Å². The standard InChI is InChI=1S/C17H22ClN/c1-5-19-16(17(2,3)4)14-10-11-15(18)13-9-7-6-8-12(13)14/h6-11,16,19H,5H2,1-4H3. The molecule has 0 fully saturated rings. The molecule has 1 atom stereocenters. The Morgan fingerprint density at radius 2 is 1.68 bits per heavy atom. The first-order chi connectivity index (χ1) is 8.95. The monoisotopic (exact) mass is 275 g/mol. The third kappa shape index (κ3) is 2.93. The lowest BCUT2D eigenvalue weighted by Gasteiger charge is -2.33. The predicted octanol–water partition coefficient (Wildman–Crippen LogP) is 5.19. The van der Waals surface area contributed by atoms with Gasteiger partial charge in [-0.25, -0.2) is 0 Å². The van der Waals surface area contributed by atoms with Gasteiger partial charge < -0.3 is 5.32 Å². The van der Waals surface area contributed by atoms with E-state index in [-0.39, 0.29) is 5.41 Å². The summed E-state index contributed by atoms with van der Waals surface area (Å²) in [4.78, 5) is 0. The highest BCUT2D eigenvalue weighted by Gasteiger charge is 2.26. The number of nitrogens with one attached hydrogen (secondary N) is 1. The molecule has 0 aliphatic heterocycles. The molecule has 0 radical (unpaired) electrons. The molecule has 1 nitrogen and oxygen atoms in total. The third-order valence-corrected chi connectivity index (χ3v) is 3.82. The summed E-state index contributed by atoms with van der Waals surface area (Å²) in [6.45, 7) is 9.91. The number of hydrogen-bond acceptors (Lipinski definition) is 1. The molecule has 1 N–H and O–H groups in total. The fourth-order valence-electron chi connectivity index (χ4n) is 2.62. The van der Waals surface area contributed by atoms with Crippen molar-refractivity contribution >= 4 is 22.4 Å². The molecular formula is C17H22ClN. The van der Waals surface area contributed by atoms with Crippen LogP contribution < -0.4 is 5.32 Å². The second-order valence-electron chi connectivity index (χ2n) is 6.04. The van der Waals surface area contributed by atoms with Crippen molar-refractivity contribution in [3.63, 3.8) is 0 Å². The normalized spacial score (nSPS) is 13.7. The van der Waals surface area contributed by atoms with Crippen LogP contribution in [0.3, 0.4) is 0 Å². The highest BCUT2D eigenvalue weighted by molar-refractivity contribution is 6.35. The van der Waals surface area contributed by atoms with E-state index in [0.29, 0.717) is 6.04 Å². The molecule has 0 bridgehead atoms. The maximum Gasteiger partial charge on any atom is 0.0484 e. The molecule has 19 heavy (non-hydrogen) atoms. The molecule has 0 saturated heterocycles. The van der Waals surface area contributed by atoms with Crippen molar-refractivity contribution in [2.45, 2.75) is 33.7 Å². The highest BCUT2D eigenvalue weighted by atomic mass is 35.5. The van der Waals surface area contributed by atoms with Crippen LogP contribution in [0.4, 0.5) is 0 Å². The van der Waals surface area contributed by atoms with Crippen LogP contribution in [0.25, 0.3) is 10.8 Å². The molecule has 2 aromatic carbocycles. The zero-order chi connectivity index (χ0) is 14.0. The van der Waals surface area contributed by atoms with Gasteiger partial charge in [-0.3, -0.25) is 0 Å². The maximum atomic E-state index is 6.30. The van der Waals surface area contributed by atoms with Gasteiger partial charge in [-0.05, 0) is 29.0 Å². The Hall–Kier alpha value is -1.05. The fraction of sp³-hybridized carbons (Fsp3) is 0.412. The van der Waals surface area contributed by atoms with Crippen molar-refractivity contribution in [1.29, 1.82) is 0 Å². The van der Waals surface area contributed by atoms with Crippen molar-refractivity contribution < 1.29 is 0 Å². The smallest absolute Gasteiger partial charge is 0.0484 e. The summed E-state index contributed by atoms with van der Waals surface area (Å²) < 4.78 is 0. The first-order valence-electron chi connectivity index (χ1n) is 6.85. The molecule has 0 spiro atoms. The van der Waals surface area contributed by atoms with Crippen LogP contribution in [0, 0.1) is 5.41 Å². The topological polar surface area (TPSA) is 12.0 Å². The van der Waals surface area contributed by atoms with Gasteiger partial charge in [-0.2, -0.15) is 0 Å². The lowest BCUT2D eigenvalue weighted by Crippen LogP contribution is -2.32. The van der Waals surface area contributed by atoms with Crippen molar-refractivity contribution in [3.8, 4) is 0 Å². The third-order valence-electron chi connectivity index (χ3n) is 3.49. The average molecular weight is 276 g/mol. The van der Waals surface area contributed by atoms with Crippen LogP contribution in [0.15, 0.2) is 36.4 Å². The molecule has 0 heterocycles. The van der Waals surface area contributed by atoms with Crippen LogP contribution in [-0.4, -0.2) is 6.54 Å². The number of rotatable bonds is 3. The van der Waals surface area contributed by atoms with Gasteiger partial charge in [0.15, 0.2) is 0 Å². The van der Waals surface area contributed by atoms with Crippen LogP contribution in [-0.2, 0) is 0 Å². The van der Waals surface area contributed by atoms with E-state index in [4.69, 9.17) is 11.6 Å². The Balaban J connectivity index is 2.64. The number of benzene rings is 2. The van der Waals surface area contributed by atoms with E-state index in [9.17, 15) is 0 Å². The minimum atomic E-state index is 0.159. The van der Waals surface area contributed by atoms with Gasteiger partial charge in [0.25, 0.3) is 0 Å². The lowest BCUT2D eigenvalue weighted by molar-refractivity contribution is 0.278. The molecule has 2 heteroatoms. The summed E-state index contributed by atoms with van der Waals surface area (Å²) in [5, 5.41) is 6.81. The molecule has 1 unspecified atom stereocenters. The van der Waals surface area contributed by atoms with E-state index < -0.39 is 0 Å². The molecule has 0 aliphatic carbocycles. The molecular weight excluding hydrogens is 254 g/mol. The van der Waals surface area contributed by atoms with E-state index in [1.165, 1.54) is 10.9 Å². The minimum Gasteiger partial charge on any atom is -0.310 e. The second kappa shape index (κ2) is 5.52. The summed E-state index contributed by atoms with van der Waals surface area (Å²) in [6.07, 6.45) is 0. The molecule has 0 amide bonds. The first kappa shape index (κ1) is 14.4. The molecule has 2 aromatic rings. The van der Waals surface area contributed by atoms with Crippen LogP contribution in [0.1, 0.15) is 39.3 Å². The molecule has 2 rings (SSSR count). The number of fused-ring (bicyclic) bond motifs is 1. The van der Waals surface area contributed by atoms with Gasteiger partial charge in [0, 0.05) is 16.5 Å². The molecule has 102 valence electrons. The summed E-state index contributed by atoms with van der Waals surface area (Å²) in [7, 11) is 0. The average Bonchev–Trinajstić information content (AvgIpc) is 2.36. The summed E-state index contributed by atoms with van der Waals surface area (Å²) >= 11 is 6.30. The Morgan fingerprint density at radius 3 is 2.26 bits per heavy atom. The minimum absolute atomic E-state index is 0.159. The van der Waals surface area contributed by atoms with E-state index in [1.54, 1.807) is 0 Å². The Morgan fingerprint density at radius 1 is 1.05 bits per heavy atom. The van der Waals surface area contributed by atoms with Gasteiger partial charge >= 0.3 is 0 Å². The van der Waals surface area contributed by atoms with Gasteiger partial charge in [-0.1, -0.05) is 69.6 Å². The zero-order valence-corrected chi connectivity index (χ0v) is 12.9. The summed E-state index contributed by atoms with van der Waals surface area (Å²) in [5.74, 6) is 0. The van der Waals surface area contributed by atoms with Crippen molar-refractivity contribution in [3.05, 3.63) is 47.0 Å². The fourth-order valence-corrected chi connectivity index (χ4v) is 2.85. The van der Waals surface area contributed by atoms with Crippen LogP contribution in [0.2, 0.25) is 5.02 Å². The second-order valence-corrected chi connectivity index (χ2v) is 6.45. The zero-order valence-electron chi connectivity index (χ0n) is 12.1. The van der Waals surface area contributed by atoms with Crippen molar-refractivity contribution in [2.75, 3.05) is 6.54 Å². The van der Waals surface area contributed by atoms with E-state index in [2.05, 4.69) is 57.3 Å². The van der Waals surface area contributed by atoms with E-state index in [0.717, 1.165) is 17.0 Å². The summed E-state index contributed by atoms with van der Waals surface area (Å²) in [5.41, 5.74) is 1.49. The Kier molecular flexibility index (Phi) is 4.17. The summed E-state index contributed by atoms with van der Waals surface area (Å²) in [6, 6.07) is 12.9. The Labute approximate surface area is 121 Å². The van der Waals surface area contributed by atoms with Gasteiger partial charge in [-0.15, -0.1) is 0 Å². The quantitative estimate of drug-likeness (QED) is 0.813. The lowest BCUT2D eigenvalue weighted by atomic mass is 9.80. The van der Waals surface area contributed by atoms with Gasteiger partial charge in [0.1, 0.15) is 0 Å². The van der Waals surface area contributed by atoms with Gasteiger partial charge in [0.2, 0.25) is 0 Å². The molecule has 0 aliphatic rings.